The lowest BCUT2D eigenvalue weighted by Gasteiger charge is -2.32. The van der Waals surface area contributed by atoms with Crippen molar-refractivity contribution in [3.05, 3.63) is 34.9 Å². The second-order valence-electron chi connectivity index (χ2n) is 3.57. The number of hydroxylamine groups is 1. The third-order valence-electron chi connectivity index (χ3n) is 2.80. The fourth-order valence-electron chi connectivity index (χ4n) is 1.76. The van der Waals surface area contributed by atoms with Crippen LogP contribution >= 0.6 is 0 Å². The van der Waals surface area contributed by atoms with Gasteiger partial charge in [-0.25, -0.2) is 5.48 Å². The summed E-state index contributed by atoms with van der Waals surface area (Å²) in [6, 6.07) is 0. The van der Waals surface area contributed by atoms with Crippen molar-refractivity contribution in [3.8, 4) is 0 Å². The molecular weight excluding hydrogens is 208 g/mol. The van der Waals surface area contributed by atoms with Crippen LogP contribution in [0.2, 0.25) is 0 Å². The highest BCUT2D eigenvalue weighted by molar-refractivity contribution is 5.98. The number of allylic oxidation sites excluding steroid dienone is 2. The largest absolute Gasteiger partial charge is 0.507 e. The first kappa shape index (κ1) is 12.3. The van der Waals surface area contributed by atoms with Gasteiger partial charge in [0.1, 0.15) is 11.3 Å². The highest BCUT2D eigenvalue weighted by Gasteiger charge is 2.29. The zero-order valence-electron chi connectivity index (χ0n) is 9.66. The van der Waals surface area contributed by atoms with Crippen molar-refractivity contribution in [1.29, 1.82) is 0 Å². The van der Waals surface area contributed by atoms with E-state index in [4.69, 9.17) is 5.21 Å². The molecule has 5 heteroatoms. The molecule has 0 saturated heterocycles. The molecular formula is C11H16N2O3. The molecule has 0 unspecified atom stereocenters. The quantitative estimate of drug-likeness (QED) is 0.490. The Kier molecular flexibility index (Phi) is 3.39. The summed E-state index contributed by atoms with van der Waals surface area (Å²) in [5, 5.41) is 18.5. The molecule has 0 aromatic heterocycles. The summed E-state index contributed by atoms with van der Waals surface area (Å²) in [5.41, 5.74) is 3.35. The molecule has 0 bridgehead atoms. The van der Waals surface area contributed by atoms with Gasteiger partial charge in [0.05, 0.1) is 5.70 Å². The van der Waals surface area contributed by atoms with Crippen LogP contribution in [0.25, 0.3) is 0 Å². The molecule has 1 heterocycles. The Morgan fingerprint density at radius 2 is 2.06 bits per heavy atom. The van der Waals surface area contributed by atoms with E-state index >= 15 is 0 Å². The van der Waals surface area contributed by atoms with E-state index in [1.807, 2.05) is 13.8 Å². The molecule has 0 aliphatic carbocycles. The van der Waals surface area contributed by atoms with E-state index in [2.05, 4.69) is 6.58 Å². The summed E-state index contributed by atoms with van der Waals surface area (Å²) in [6.07, 6.45) is 0. The van der Waals surface area contributed by atoms with Crippen LogP contribution in [0.3, 0.4) is 0 Å². The van der Waals surface area contributed by atoms with Gasteiger partial charge < -0.3 is 10.0 Å². The van der Waals surface area contributed by atoms with Gasteiger partial charge in [-0.15, -0.1) is 0 Å². The topological polar surface area (TPSA) is 72.8 Å². The minimum atomic E-state index is -0.757. The van der Waals surface area contributed by atoms with Crippen molar-refractivity contribution in [3.63, 3.8) is 0 Å². The molecule has 0 spiro atoms. The van der Waals surface area contributed by atoms with Crippen LogP contribution in [-0.4, -0.2) is 27.7 Å². The van der Waals surface area contributed by atoms with E-state index < -0.39 is 5.91 Å². The molecule has 0 aromatic carbocycles. The lowest BCUT2D eigenvalue weighted by molar-refractivity contribution is -0.125. The second-order valence-corrected chi connectivity index (χ2v) is 3.57. The van der Waals surface area contributed by atoms with Gasteiger partial charge in [-0.3, -0.25) is 10.0 Å². The predicted molar refractivity (Wildman–Crippen MR) is 59.5 cm³/mol. The van der Waals surface area contributed by atoms with E-state index in [1.165, 1.54) is 5.48 Å². The molecule has 88 valence electrons. The van der Waals surface area contributed by atoms with Gasteiger partial charge in [-0.1, -0.05) is 6.58 Å². The van der Waals surface area contributed by atoms with Crippen LogP contribution in [0.5, 0.6) is 0 Å². The molecule has 1 aliphatic heterocycles. The number of likely N-dealkylation sites (N-methyl/N-ethyl adjacent to an activating group) is 1. The van der Waals surface area contributed by atoms with Gasteiger partial charge in [0.25, 0.3) is 5.91 Å². The third-order valence-corrected chi connectivity index (χ3v) is 2.80. The van der Waals surface area contributed by atoms with Crippen LogP contribution in [0.1, 0.15) is 20.8 Å². The van der Waals surface area contributed by atoms with Gasteiger partial charge in [-0.2, -0.15) is 0 Å². The molecule has 0 radical (unpaired) electrons. The molecule has 5 nitrogen and oxygen atoms in total. The maximum Gasteiger partial charge on any atom is 0.280 e. The minimum absolute atomic E-state index is 0.00690. The predicted octanol–water partition coefficient (Wildman–Crippen LogP) is 1.45. The van der Waals surface area contributed by atoms with Gasteiger partial charge in [-0.05, 0) is 20.8 Å². The van der Waals surface area contributed by atoms with Crippen molar-refractivity contribution < 1.29 is 15.1 Å². The Morgan fingerprint density at radius 1 is 1.50 bits per heavy atom. The summed E-state index contributed by atoms with van der Waals surface area (Å²) in [4.78, 5) is 13.2. The Hall–Kier alpha value is -1.75. The van der Waals surface area contributed by atoms with Crippen LogP contribution in [-0.2, 0) is 4.79 Å². The van der Waals surface area contributed by atoms with Crippen molar-refractivity contribution in [1.82, 2.24) is 10.4 Å². The Morgan fingerprint density at radius 3 is 2.50 bits per heavy atom. The molecule has 0 fully saturated rings. The van der Waals surface area contributed by atoms with Crippen molar-refractivity contribution >= 4 is 5.91 Å². The van der Waals surface area contributed by atoms with Gasteiger partial charge in [0.15, 0.2) is 0 Å². The number of amides is 1. The number of aliphatic hydroxyl groups is 1. The van der Waals surface area contributed by atoms with E-state index in [9.17, 15) is 9.90 Å². The molecule has 3 N–H and O–H groups in total. The first-order chi connectivity index (χ1) is 7.45. The average Bonchev–Trinajstić information content (AvgIpc) is 2.27. The summed E-state index contributed by atoms with van der Waals surface area (Å²) < 4.78 is 0. The Balaban J connectivity index is 3.35. The fraction of sp³-hybridized carbons (Fsp3) is 0.364. The number of nitrogens with zero attached hydrogens (tertiary/aromatic N) is 1. The zero-order chi connectivity index (χ0) is 12.5. The van der Waals surface area contributed by atoms with Gasteiger partial charge >= 0.3 is 0 Å². The van der Waals surface area contributed by atoms with Crippen LogP contribution in [0, 0.1) is 0 Å². The molecule has 1 amide bonds. The van der Waals surface area contributed by atoms with E-state index in [0.717, 1.165) is 5.70 Å². The summed E-state index contributed by atoms with van der Waals surface area (Å²) in [6.45, 7) is 9.86. The normalized spacial score (nSPS) is 17.0. The lowest BCUT2D eigenvalue weighted by Crippen LogP contribution is -2.33. The molecule has 0 aromatic rings. The van der Waals surface area contributed by atoms with Crippen molar-refractivity contribution in [2.45, 2.75) is 20.8 Å². The maximum atomic E-state index is 11.4. The number of carbonyl (C=O) groups excluding carboxylic acids is 1. The molecule has 1 aliphatic rings. The summed E-state index contributed by atoms with van der Waals surface area (Å²) >= 11 is 0. The Labute approximate surface area is 94.3 Å². The Bertz CT molecular complexity index is 407. The highest BCUT2D eigenvalue weighted by atomic mass is 16.5. The minimum Gasteiger partial charge on any atom is -0.507 e. The third kappa shape index (κ3) is 1.69. The average molecular weight is 224 g/mol. The molecule has 0 atom stereocenters. The zero-order valence-corrected chi connectivity index (χ0v) is 9.66. The van der Waals surface area contributed by atoms with E-state index in [1.54, 1.807) is 11.8 Å². The summed E-state index contributed by atoms with van der Waals surface area (Å²) in [7, 11) is 0. The second kappa shape index (κ2) is 4.40. The van der Waals surface area contributed by atoms with E-state index in [-0.39, 0.29) is 11.3 Å². The van der Waals surface area contributed by atoms with Crippen molar-refractivity contribution in [2.75, 3.05) is 6.54 Å². The number of hydrogen-bond donors (Lipinski definition) is 3. The number of rotatable bonds is 2. The first-order valence-corrected chi connectivity index (χ1v) is 4.98. The standard InChI is InChI=1S/C11H16N2O3/c1-5-13-7(3)6(2)10(14)9(8(13)4)11(15)12-16/h14,16H,4-5H2,1-3H3,(H,12,15). The monoisotopic (exact) mass is 224 g/mol. The first-order valence-electron chi connectivity index (χ1n) is 4.98. The number of nitrogens with one attached hydrogen (secondary N) is 1. The van der Waals surface area contributed by atoms with E-state index in [0.29, 0.717) is 17.8 Å². The highest BCUT2D eigenvalue weighted by Crippen LogP contribution is 2.31. The number of aliphatic hydroxyl groups excluding tert-OH is 1. The summed E-state index contributed by atoms with van der Waals surface area (Å²) in [5.74, 6) is -0.897. The molecule has 16 heavy (non-hydrogen) atoms. The molecule has 0 saturated carbocycles. The lowest BCUT2D eigenvalue weighted by atomic mass is 9.99. The van der Waals surface area contributed by atoms with Crippen LogP contribution in [0.15, 0.2) is 34.9 Å². The van der Waals surface area contributed by atoms with Gasteiger partial charge in [0.2, 0.25) is 0 Å². The van der Waals surface area contributed by atoms with Crippen molar-refractivity contribution in [2.24, 2.45) is 0 Å². The fourth-order valence-corrected chi connectivity index (χ4v) is 1.76. The van der Waals surface area contributed by atoms with Gasteiger partial charge in [0, 0.05) is 17.8 Å². The SMILES string of the molecule is C=C1C(C(=O)NO)=C(O)C(C)=C(C)N1CC. The van der Waals surface area contributed by atoms with Crippen LogP contribution < -0.4 is 5.48 Å². The number of carbonyl (C=O) groups is 1. The smallest absolute Gasteiger partial charge is 0.280 e. The maximum absolute atomic E-state index is 11.4. The molecule has 1 rings (SSSR count). The number of hydrogen-bond acceptors (Lipinski definition) is 4. The van der Waals surface area contributed by atoms with Crippen LogP contribution in [0.4, 0.5) is 0 Å².